The third-order valence-corrected chi connectivity index (χ3v) is 5.74. The summed E-state index contributed by atoms with van der Waals surface area (Å²) >= 11 is 0. The molecule has 3 aromatic rings. The molecule has 156 valence electrons. The van der Waals surface area contributed by atoms with E-state index in [0.29, 0.717) is 13.1 Å². The number of carbonyl (C=O) groups is 1. The molecule has 1 aliphatic heterocycles. The van der Waals surface area contributed by atoms with Gasteiger partial charge in [-0.05, 0) is 41.8 Å². The first-order valence-electron chi connectivity index (χ1n) is 10.4. The summed E-state index contributed by atoms with van der Waals surface area (Å²) in [4.78, 5) is 31.0. The van der Waals surface area contributed by atoms with Crippen molar-refractivity contribution in [1.82, 2.24) is 15.2 Å². The number of aryl methyl sites for hydroxylation is 1. The van der Waals surface area contributed by atoms with Crippen LogP contribution in [0.15, 0.2) is 47.3 Å². The van der Waals surface area contributed by atoms with Crippen LogP contribution in [0, 0.1) is 0 Å². The summed E-state index contributed by atoms with van der Waals surface area (Å²) in [6.45, 7) is 4.07. The number of rotatable bonds is 6. The standard InChI is InChI=1S/C24H27N3O3/c1-3-16-6-9-21-19(12-16)24(29)20-14-27(11-10-22(20)26-21)15-23(28)25-13-17-4-7-18(30-2)8-5-17/h4-9,12H,3,10-11,13-15H2,1-2H3,(H,25,28)(H,26,29). The fraction of sp³-hybridized carbons (Fsp3) is 0.333. The van der Waals surface area contributed by atoms with Gasteiger partial charge in [0.15, 0.2) is 5.43 Å². The minimum absolute atomic E-state index is 0.0419. The van der Waals surface area contributed by atoms with Crippen LogP contribution in [-0.2, 0) is 30.7 Å². The highest BCUT2D eigenvalue weighted by Gasteiger charge is 2.22. The number of nitrogens with zero attached hydrogens (tertiary/aromatic N) is 1. The van der Waals surface area contributed by atoms with Crippen LogP contribution in [0.5, 0.6) is 5.75 Å². The number of benzene rings is 2. The van der Waals surface area contributed by atoms with Gasteiger partial charge in [0.25, 0.3) is 0 Å². The lowest BCUT2D eigenvalue weighted by atomic mass is 10.0. The number of H-pyrrole nitrogens is 1. The smallest absolute Gasteiger partial charge is 0.234 e. The molecule has 0 radical (unpaired) electrons. The summed E-state index contributed by atoms with van der Waals surface area (Å²) in [6, 6.07) is 13.7. The van der Waals surface area contributed by atoms with Crippen LogP contribution < -0.4 is 15.5 Å². The quantitative estimate of drug-likeness (QED) is 0.661. The van der Waals surface area contributed by atoms with Gasteiger partial charge in [-0.25, -0.2) is 0 Å². The first-order chi connectivity index (χ1) is 14.6. The average molecular weight is 405 g/mol. The molecule has 1 aliphatic rings. The fourth-order valence-corrected chi connectivity index (χ4v) is 3.94. The molecule has 0 aliphatic carbocycles. The normalized spacial score (nSPS) is 13.8. The Morgan fingerprint density at radius 1 is 1.17 bits per heavy atom. The third-order valence-electron chi connectivity index (χ3n) is 5.74. The van der Waals surface area contributed by atoms with E-state index in [4.69, 9.17) is 4.74 Å². The molecule has 0 spiro atoms. The molecule has 0 saturated carbocycles. The second-order valence-corrected chi connectivity index (χ2v) is 7.73. The van der Waals surface area contributed by atoms with Gasteiger partial charge in [-0.15, -0.1) is 0 Å². The molecule has 2 N–H and O–H groups in total. The Bertz CT molecular complexity index is 1120. The number of hydrogen-bond acceptors (Lipinski definition) is 4. The van der Waals surface area contributed by atoms with E-state index in [-0.39, 0.29) is 17.9 Å². The fourth-order valence-electron chi connectivity index (χ4n) is 3.94. The van der Waals surface area contributed by atoms with Gasteiger partial charge in [-0.1, -0.05) is 25.1 Å². The van der Waals surface area contributed by atoms with E-state index >= 15 is 0 Å². The molecule has 4 rings (SSSR count). The van der Waals surface area contributed by atoms with Crippen LogP contribution in [0.1, 0.15) is 29.3 Å². The van der Waals surface area contributed by atoms with Crippen LogP contribution in [0.3, 0.4) is 0 Å². The summed E-state index contributed by atoms with van der Waals surface area (Å²) in [5.74, 6) is 0.751. The molecule has 6 heteroatoms. The number of aromatic nitrogens is 1. The van der Waals surface area contributed by atoms with E-state index < -0.39 is 0 Å². The lowest BCUT2D eigenvalue weighted by Crippen LogP contribution is -2.41. The van der Waals surface area contributed by atoms with Crippen LogP contribution in [0.25, 0.3) is 10.9 Å². The highest BCUT2D eigenvalue weighted by Crippen LogP contribution is 2.19. The summed E-state index contributed by atoms with van der Waals surface area (Å²) < 4.78 is 5.15. The molecule has 0 unspecified atom stereocenters. The number of ether oxygens (including phenoxy) is 1. The van der Waals surface area contributed by atoms with Gasteiger partial charge in [0.05, 0.1) is 13.7 Å². The van der Waals surface area contributed by atoms with Gasteiger partial charge in [-0.3, -0.25) is 14.5 Å². The molecule has 1 amide bonds. The molecule has 0 saturated heterocycles. The SMILES string of the molecule is CCc1ccc2[nH]c3c(c(=O)c2c1)CN(CC(=O)NCc1ccc(OC)cc1)CC3. The summed E-state index contributed by atoms with van der Waals surface area (Å²) in [7, 11) is 1.63. The van der Waals surface area contributed by atoms with E-state index in [1.807, 2.05) is 41.3 Å². The summed E-state index contributed by atoms with van der Waals surface area (Å²) in [5.41, 5.74) is 4.91. The molecular formula is C24H27N3O3. The number of amides is 1. The number of nitrogens with one attached hydrogen (secondary N) is 2. The molecular weight excluding hydrogens is 378 g/mol. The zero-order valence-corrected chi connectivity index (χ0v) is 17.5. The van der Waals surface area contributed by atoms with Gasteiger partial charge in [0.1, 0.15) is 5.75 Å². The molecule has 2 heterocycles. The lowest BCUT2D eigenvalue weighted by Gasteiger charge is -2.28. The van der Waals surface area contributed by atoms with Gasteiger partial charge < -0.3 is 15.0 Å². The van der Waals surface area contributed by atoms with Crippen molar-refractivity contribution in [2.24, 2.45) is 0 Å². The molecule has 0 atom stereocenters. The number of hydrogen-bond donors (Lipinski definition) is 2. The molecule has 6 nitrogen and oxygen atoms in total. The van der Waals surface area contributed by atoms with Gasteiger partial charge in [0, 0.05) is 48.2 Å². The predicted octanol–water partition coefficient (Wildman–Crippen LogP) is 2.77. The van der Waals surface area contributed by atoms with E-state index in [1.54, 1.807) is 7.11 Å². The molecule has 0 fully saturated rings. The number of carbonyl (C=O) groups excluding carboxylic acids is 1. The van der Waals surface area contributed by atoms with Crippen molar-refractivity contribution in [3.05, 3.63) is 75.1 Å². The van der Waals surface area contributed by atoms with Crippen molar-refractivity contribution < 1.29 is 9.53 Å². The Morgan fingerprint density at radius 3 is 2.67 bits per heavy atom. The first kappa shape index (κ1) is 20.2. The summed E-state index contributed by atoms with van der Waals surface area (Å²) in [5, 5.41) is 3.69. The maximum Gasteiger partial charge on any atom is 0.234 e. The Hall–Kier alpha value is -3.12. The monoisotopic (exact) mass is 405 g/mol. The number of pyridine rings is 1. The second kappa shape index (κ2) is 8.71. The molecule has 1 aromatic heterocycles. The number of fused-ring (bicyclic) bond motifs is 2. The molecule has 30 heavy (non-hydrogen) atoms. The van der Waals surface area contributed by atoms with Crippen LogP contribution in [0.4, 0.5) is 0 Å². The topological polar surface area (TPSA) is 74.4 Å². The minimum Gasteiger partial charge on any atom is -0.497 e. The van der Waals surface area contributed by atoms with Crippen LogP contribution >= 0.6 is 0 Å². The maximum absolute atomic E-state index is 13.1. The van der Waals surface area contributed by atoms with E-state index in [0.717, 1.165) is 58.4 Å². The van der Waals surface area contributed by atoms with Crippen molar-refractivity contribution in [3.8, 4) is 5.75 Å². The zero-order valence-electron chi connectivity index (χ0n) is 17.5. The highest BCUT2D eigenvalue weighted by atomic mass is 16.5. The number of methoxy groups -OCH3 is 1. The van der Waals surface area contributed by atoms with Crippen molar-refractivity contribution in [2.75, 3.05) is 20.2 Å². The average Bonchev–Trinajstić information content (AvgIpc) is 2.78. The Morgan fingerprint density at radius 2 is 1.93 bits per heavy atom. The minimum atomic E-state index is -0.0419. The van der Waals surface area contributed by atoms with Crippen LogP contribution in [0.2, 0.25) is 0 Å². The van der Waals surface area contributed by atoms with E-state index in [9.17, 15) is 9.59 Å². The number of aromatic amines is 1. The zero-order chi connectivity index (χ0) is 21.1. The largest absolute Gasteiger partial charge is 0.497 e. The summed E-state index contributed by atoms with van der Waals surface area (Å²) in [6.07, 6.45) is 1.63. The molecule has 2 aromatic carbocycles. The predicted molar refractivity (Wildman–Crippen MR) is 118 cm³/mol. The molecule has 0 bridgehead atoms. The van der Waals surface area contributed by atoms with Crippen molar-refractivity contribution >= 4 is 16.8 Å². The van der Waals surface area contributed by atoms with Crippen molar-refractivity contribution in [3.63, 3.8) is 0 Å². The van der Waals surface area contributed by atoms with Gasteiger partial charge >= 0.3 is 0 Å². The first-order valence-corrected chi connectivity index (χ1v) is 10.4. The maximum atomic E-state index is 13.1. The highest BCUT2D eigenvalue weighted by molar-refractivity contribution is 5.80. The van der Waals surface area contributed by atoms with Crippen molar-refractivity contribution in [2.45, 2.75) is 32.9 Å². The van der Waals surface area contributed by atoms with Gasteiger partial charge in [-0.2, -0.15) is 0 Å². The third kappa shape index (κ3) is 4.24. The van der Waals surface area contributed by atoms with E-state index in [1.165, 1.54) is 0 Å². The Kier molecular flexibility index (Phi) is 5.86. The lowest BCUT2D eigenvalue weighted by molar-refractivity contribution is -0.122. The van der Waals surface area contributed by atoms with Gasteiger partial charge in [0.2, 0.25) is 5.91 Å². The van der Waals surface area contributed by atoms with E-state index in [2.05, 4.69) is 23.3 Å². The Balaban J connectivity index is 1.42. The van der Waals surface area contributed by atoms with Crippen LogP contribution in [-0.4, -0.2) is 36.0 Å². The Labute approximate surface area is 175 Å². The van der Waals surface area contributed by atoms with Crippen molar-refractivity contribution in [1.29, 1.82) is 0 Å². The second-order valence-electron chi connectivity index (χ2n) is 7.73.